The van der Waals surface area contributed by atoms with E-state index in [0.717, 1.165) is 30.9 Å². The number of hydrogen-bond acceptors (Lipinski definition) is 7. The Morgan fingerprint density at radius 1 is 1.06 bits per heavy atom. The second-order valence-corrected chi connectivity index (χ2v) is 9.00. The van der Waals surface area contributed by atoms with E-state index in [4.69, 9.17) is 4.74 Å². The van der Waals surface area contributed by atoms with E-state index in [-0.39, 0.29) is 23.4 Å². The monoisotopic (exact) mass is 465 g/mol. The number of carbonyl (C=O) groups excluding carboxylic acids is 2. The number of benzene rings is 2. The van der Waals surface area contributed by atoms with Gasteiger partial charge < -0.3 is 20.3 Å². The number of amides is 2. The van der Waals surface area contributed by atoms with Gasteiger partial charge in [-0.3, -0.25) is 9.59 Å². The SMILES string of the molecule is Cc1ccc(OCc2nnc(C(=O)Nc3cccc(C(=O)NCCN4CCCC4)c3)s2)cc1. The first-order chi connectivity index (χ1) is 16.1. The molecule has 9 heteroatoms. The van der Waals surface area contributed by atoms with Crippen molar-refractivity contribution >= 4 is 28.8 Å². The number of ether oxygens (including phenoxy) is 1. The van der Waals surface area contributed by atoms with Gasteiger partial charge in [0.1, 0.15) is 12.4 Å². The number of anilines is 1. The Hall–Kier alpha value is -3.30. The second-order valence-electron chi connectivity index (χ2n) is 7.94. The molecular formula is C24H27N5O3S. The molecule has 2 heterocycles. The zero-order valence-electron chi connectivity index (χ0n) is 18.5. The molecule has 2 N–H and O–H groups in total. The largest absolute Gasteiger partial charge is 0.486 e. The van der Waals surface area contributed by atoms with Crippen molar-refractivity contribution in [3.05, 3.63) is 69.7 Å². The zero-order chi connectivity index (χ0) is 23.0. The molecule has 1 aliphatic heterocycles. The van der Waals surface area contributed by atoms with Gasteiger partial charge in [0.15, 0.2) is 5.01 Å². The highest BCUT2D eigenvalue weighted by molar-refractivity contribution is 7.13. The number of carbonyl (C=O) groups is 2. The number of aromatic nitrogens is 2. The zero-order valence-corrected chi connectivity index (χ0v) is 19.4. The number of rotatable bonds is 9. The number of hydrogen-bond donors (Lipinski definition) is 2. The predicted molar refractivity (Wildman–Crippen MR) is 128 cm³/mol. The lowest BCUT2D eigenvalue weighted by Crippen LogP contribution is -2.33. The Morgan fingerprint density at radius 2 is 1.85 bits per heavy atom. The first-order valence-corrected chi connectivity index (χ1v) is 11.8. The molecule has 0 atom stereocenters. The fourth-order valence-corrected chi connectivity index (χ4v) is 4.19. The maximum atomic E-state index is 12.6. The molecule has 0 spiro atoms. The minimum Gasteiger partial charge on any atom is -0.486 e. The van der Waals surface area contributed by atoms with E-state index >= 15 is 0 Å². The minimum absolute atomic E-state index is 0.156. The van der Waals surface area contributed by atoms with E-state index in [1.165, 1.54) is 24.2 Å². The summed E-state index contributed by atoms with van der Waals surface area (Å²) in [6.45, 7) is 5.91. The Morgan fingerprint density at radius 3 is 2.64 bits per heavy atom. The van der Waals surface area contributed by atoms with Crippen LogP contribution in [0.15, 0.2) is 48.5 Å². The topological polar surface area (TPSA) is 96.5 Å². The Kier molecular flexibility index (Phi) is 7.64. The first-order valence-electron chi connectivity index (χ1n) is 11.0. The molecule has 3 aromatic rings. The molecule has 8 nitrogen and oxygen atoms in total. The van der Waals surface area contributed by atoms with Gasteiger partial charge in [0.25, 0.3) is 11.8 Å². The van der Waals surface area contributed by atoms with Crippen molar-refractivity contribution in [3.63, 3.8) is 0 Å². The molecule has 1 fully saturated rings. The van der Waals surface area contributed by atoms with Crippen LogP contribution in [0.2, 0.25) is 0 Å². The molecule has 2 aromatic carbocycles. The Labute approximate surface area is 197 Å². The standard InChI is InChI=1S/C24H27N5O3S/c1-17-7-9-20(10-8-17)32-16-21-27-28-24(33-21)23(31)26-19-6-4-5-18(15-19)22(30)25-11-14-29-12-2-3-13-29/h4-10,15H,2-3,11-14,16H2,1H3,(H,25,30)(H,26,31). The van der Waals surface area contributed by atoms with E-state index in [1.54, 1.807) is 24.3 Å². The van der Waals surface area contributed by atoms with Crippen LogP contribution in [0.3, 0.4) is 0 Å². The van der Waals surface area contributed by atoms with Gasteiger partial charge in [-0.25, -0.2) is 0 Å². The van der Waals surface area contributed by atoms with Gasteiger partial charge in [0, 0.05) is 24.3 Å². The van der Waals surface area contributed by atoms with Crippen LogP contribution in [0, 0.1) is 6.92 Å². The second kappa shape index (κ2) is 11.0. The van der Waals surface area contributed by atoms with E-state index in [1.807, 2.05) is 31.2 Å². The lowest BCUT2D eigenvalue weighted by molar-refractivity contribution is 0.0948. The number of likely N-dealkylation sites (tertiary alicyclic amines) is 1. The molecule has 1 aromatic heterocycles. The van der Waals surface area contributed by atoms with Crippen LogP contribution in [0.25, 0.3) is 0 Å². The predicted octanol–water partition coefficient (Wildman–Crippen LogP) is 3.50. The molecule has 0 radical (unpaired) electrons. The summed E-state index contributed by atoms with van der Waals surface area (Å²) >= 11 is 1.17. The summed E-state index contributed by atoms with van der Waals surface area (Å²) in [5, 5.41) is 14.6. The van der Waals surface area contributed by atoms with Gasteiger partial charge in [0.2, 0.25) is 5.01 Å². The van der Waals surface area contributed by atoms with Crippen LogP contribution in [-0.2, 0) is 6.61 Å². The molecule has 2 amide bonds. The third-order valence-corrected chi connectivity index (χ3v) is 6.23. The maximum Gasteiger partial charge on any atom is 0.286 e. The summed E-state index contributed by atoms with van der Waals surface area (Å²) in [5.41, 5.74) is 2.18. The average molecular weight is 466 g/mol. The molecule has 33 heavy (non-hydrogen) atoms. The summed E-state index contributed by atoms with van der Waals surface area (Å²) in [5.74, 6) is 0.203. The van der Waals surface area contributed by atoms with Crippen molar-refractivity contribution in [1.29, 1.82) is 0 Å². The molecule has 1 saturated heterocycles. The van der Waals surface area contributed by atoms with Crippen molar-refractivity contribution in [3.8, 4) is 5.75 Å². The molecule has 172 valence electrons. The van der Waals surface area contributed by atoms with Crippen LogP contribution < -0.4 is 15.4 Å². The summed E-state index contributed by atoms with van der Waals surface area (Å²) in [4.78, 5) is 27.4. The highest BCUT2D eigenvalue weighted by Crippen LogP contribution is 2.18. The fourth-order valence-electron chi connectivity index (χ4n) is 3.54. The van der Waals surface area contributed by atoms with Gasteiger partial charge in [-0.2, -0.15) is 0 Å². The summed E-state index contributed by atoms with van der Waals surface area (Å²) in [6, 6.07) is 14.6. The molecule has 0 aliphatic carbocycles. The minimum atomic E-state index is -0.374. The van der Waals surface area contributed by atoms with E-state index in [2.05, 4.69) is 25.7 Å². The molecular weight excluding hydrogens is 438 g/mol. The van der Waals surface area contributed by atoms with Crippen LogP contribution in [0.4, 0.5) is 5.69 Å². The lowest BCUT2D eigenvalue weighted by Gasteiger charge is -2.14. The fraction of sp³-hybridized carbons (Fsp3) is 0.333. The molecule has 1 aliphatic rings. The molecule has 0 bridgehead atoms. The molecule has 0 saturated carbocycles. The van der Waals surface area contributed by atoms with Crippen molar-refractivity contribution in [2.75, 3.05) is 31.5 Å². The third-order valence-electron chi connectivity index (χ3n) is 5.34. The van der Waals surface area contributed by atoms with Crippen LogP contribution in [0.5, 0.6) is 5.75 Å². The summed E-state index contributed by atoms with van der Waals surface area (Å²) in [7, 11) is 0. The Bertz CT molecular complexity index is 1090. The lowest BCUT2D eigenvalue weighted by atomic mass is 10.2. The van der Waals surface area contributed by atoms with Crippen LogP contribution in [0.1, 0.15) is 43.6 Å². The van der Waals surface area contributed by atoms with Gasteiger partial charge >= 0.3 is 0 Å². The maximum absolute atomic E-state index is 12.6. The highest BCUT2D eigenvalue weighted by Gasteiger charge is 2.15. The average Bonchev–Trinajstić information content (AvgIpc) is 3.51. The van der Waals surface area contributed by atoms with Gasteiger partial charge in [0.05, 0.1) is 0 Å². The first kappa shape index (κ1) is 22.9. The number of nitrogens with one attached hydrogen (secondary N) is 2. The number of aryl methyl sites for hydroxylation is 1. The van der Waals surface area contributed by atoms with Crippen LogP contribution >= 0.6 is 11.3 Å². The highest BCUT2D eigenvalue weighted by atomic mass is 32.1. The third kappa shape index (κ3) is 6.59. The van der Waals surface area contributed by atoms with Crippen molar-refractivity contribution in [2.24, 2.45) is 0 Å². The molecule has 4 rings (SSSR count). The van der Waals surface area contributed by atoms with Crippen molar-refractivity contribution in [2.45, 2.75) is 26.4 Å². The smallest absolute Gasteiger partial charge is 0.286 e. The van der Waals surface area contributed by atoms with Crippen molar-refractivity contribution in [1.82, 2.24) is 20.4 Å². The van der Waals surface area contributed by atoms with Gasteiger partial charge in [-0.15, -0.1) is 10.2 Å². The van der Waals surface area contributed by atoms with E-state index < -0.39 is 0 Å². The quantitative estimate of drug-likeness (QED) is 0.502. The van der Waals surface area contributed by atoms with Crippen molar-refractivity contribution < 1.29 is 14.3 Å². The molecule has 0 unspecified atom stereocenters. The normalized spacial score (nSPS) is 13.6. The summed E-state index contributed by atoms with van der Waals surface area (Å²) < 4.78 is 5.69. The van der Waals surface area contributed by atoms with E-state index in [9.17, 15) is 9.59 Å². The van der Waals surface area contributed by atoms with Crippen LogP contribution in [-0.4, -0.2) is 53.1 Å². The number of nitrogens with zero attached hydrogens (tertiary/aromatic N) is 3. The van der Waals surface area contributed by atoms with Gasteiger partial charge in [-0.05, 0) is 63.2 Å². The Balaban J connectivity index is 1.28. The van der Waals surface area contributed by atoms with Gasteiger partial charge in [-0.1, -0.05) is 35.1 Å². The summed E-state index contributed by atoms with van der Waals surface area (Å²) in [6.07, 6.45) is 2.46. The van der Waals surface area contributed by atoms with E-state index in [0.29, 0.717) is 22.8 Å².